The molecule has 0 aliphatic carbocycles. The van der Waals surface area contributed by atoms with Crippen molar-refractivity contribution < 1.29 is 18.3 Å². The monoisotopic (exact) mass is 463 g/mol. The summed E-state index contributed by atoms with van der Waals surface area (Å²) in [4.78, 5) is 13.1. The minimum atomic E-state index is -4.08. The lowest BCUT2D eigenvalue weighted by atomic mass is 9.87. The molecule has 0 fully saturated rings. The summed E-state index contributed by atoms with van der Waals surface area (Å²) in [6.07, 6.45) is 0.149. The van der Waals surface area contributed by atoms with Crippen molar-refractivity contribution in [1.29, 1.82) is 0 Å². The average molecular weight is 464 g/mol. The Morgan fingerprint density at radius 1 is 0.939 bits per heavy atom. The molecule has 0 heterocycles. The summed E-state index contributed by atoms with van der Waals surface area (Å²) in [6, 6.07) is 23.9. The third-order valence-electron chi connectivity index (χ3n) is 5.42. The molecule has 1 N–H and O–H groups in total. The molecule has 33 heavy (non-hydrogen) atoms. The molecule has 5 nitrogen and oxygen atoms in total. The molecule has 3 aromatic carbocycles. The van der Waals surface area contributed by atoms with Gasteiger partial charge in [-0.3, -0.25) is 4.79 Å². The van der Waals surface area contributed by atoms with Crippen molar-refractivity contribution in [3.8, 4) is 0 Å². The van der Waals surface area contributed by atoms with Gasteiger partial charge in [-0.25, -0.2) is 8.42 Å². The highest BCUT2D eigenvalue weighted by molar-refractivity contribution is 7.89. The second kappa shape index (κ2) is 10.3. The summed E-state index contributed by atoms with van der Waals surface area (Å²) in [5.74, 6) is -0.350. The Labute approximate surface area is 196 Å². The van der Waals surface area contributed by atoms with E-state index in [-0.39, 0.29) is 23.6 Å². The smallest absolute Gasteiger partial charge is 0.243 e. The first-order valence-electron chi connectivity index (χ1n) is 10.7. The van der Waals surface area contributed by atoms with E-state index >= 15 is 0 Å². The highest BCUT2D eigenvalue weighted by atomic mass is 32.2. The van der Waals surface area contributed by atoms with Gasteiger partial charge < -0.3 is 5.11 Å². The molecule has 0 saturated heterocycles. The molecule has 172 valence electrons. The van der Waals surface area contributed by atoms with Gasteiger partial charge in [0.2, 0.25) is 10.0 Å². The first-order chi connectivity index (χ1) is 15.6. The van der Waals surface area contributed by atoms with Crippen molar-refractivity contribution in [3.63, 3.8) is 0 Å². The van der Waals surface area contributed by atoms with Crippen LogP contribution in [0.5, 0.6) is 0 Å². The van der Waals surface area contributed by atoms with Crippen LogP contribution in [0.4, 0.5) is 0 Å². The number of hydrogen-bond acceptors (Lipinski definition) is 4. The topological polar surface area (TPSA) is 74.7 Å². The van der Waals surface area contributed by atoms with Crippen LogP contribution in [0.1, 0.15) is 34.8 Å². The summed E-state index contributed by atoms with van der Waals surface area (Å²) in [7, 11) is -4.08. The molecule has 0 spiro atoms. The number of Topliss-reactive ketones (excluding diaryl/α,β-unsaturated/α-hetero) is 1. The van der Waals surface area contributed by atoms with Crippen LogP contribution < -0.4 is 0 Å². The number of carbonyl (C=O) groups is 1. The summed E-state index contributed by atoms with van der Waals surface area (Å²) in [5.41, 5.74) is 1.03. The summed E-state index contributed by atoms with van der Waals surface area (Å²) in [6.45, 7) is 6.88. The average Bonchev–Trinajstić information content (AvgIpc) is 2.79. The molecule has 3 aromatic rings. The summed E-state index contributed by atoms with van der Waals surface area (Å²) < 4.78 is 28.4. The van der Waals surface area contributed by atoms with Gasteiger partial charge in [0.05, 0.1) is 11.4 Å². The zero-order chi connectivity index (χ0) is 24.1. The lowest BCUT2D eigenvalue weighted by Gasteiger charge is -2.34. The van der Waals surface area contributed by atoms with E-state index in [9.17, 15) is 18.3 Å². The zero-order valence-electron chi connectivity index (χ0n) is 18.9. The zero-order valence-corrected chi connectivity index (χ0v) is 19.8. The Morgan fingerprint density at radius 2 is 1.48 bits per heavy atom. The maximum atomic E-state index is 13.6. The number of nitrogens with zero attached hydrogens (tertiary/aromatic N) is 1. The van der Waals surface area contributed by atoms with Gasteiger partial charge >= 0.3 is 0 Å². The van der Waals surface area contributed by atoms with Crippen LogP contribution in [0, 0.1) is 6.92 Å². The first kappa shape index (κ1) is 24.6. The molecular formula is C27H29NO4S. The molecule has 0 bridgehead atoms. The fraction of sp³-hybridized carbons (Fsp3) is 0.222. The Hall–Kier alpha value is -3.06. The van der Waals surface area contributed by atoms with E-state index in [1.54, 1.807) is 73.7 Å². The fourth-order valence-corrected chi connectivity index (χ4v) is 5.20. The standard InChI is InChI=1S/C27H29NO4S/c1-21(2)18-27(30,24-12-8-5-9-13-24)20-28(19-26(29)23-10-6-4-7-11-23)33(31,32)25-16-14-22(3)15-17-25/h4-17,30H,1,18-20H2,2-3H3. The minimum absolute atomic E-state index is 0.0692. The maximum Gasteiger partial charge on any atom is 0.243 e. The van der Waals surface area contributed by atoms with Crippen molar-refractivity contribution in [2.75, 3.05) is 13.1 Å². The van der Waals surface area contributed by atoms with Crippen molar-refractivity contribution >= 4 is 15.8 Å². The van der Waals surface area contributed by atoms with E-state index in [2.05, 4.69) is 6.58 Å². The highest BCUT2D eigenvalue weighted by Gasteiger charge is 2.37. The Balaban J connectivity index is 2.05. The molecule has 6 heteroatoms. The molecule has 0 radical (unpaired) electrons. The van der Waals surface area contributed by atoms with E-state index < -0.39 is 22.2 Å². The van der Waals surface area contributed by atoms with Crippen molar-refractivity contribution in [3.05, 3.63) is 114 Å². The molecule has 0 aliphatic heterocycles. The number of rotatable bonds is 10. The third kappa shape index (κ3) is 6.05. The second-order valence-corrected chi connectivity index (χ2v) is 10.3. The molecule has 0 saturated carbocycles. The van der Waals surface area contributed by atoms with Gasteiger partial charge in [-0.05, 0) is 31.5 Å². The predicted octanol–water partition coefficient (Wildman–Crippen LogP) is 4.72. The lowest BCUT2D eigenvalue weighted by Crippen LogP contribution is -2.46. The largest absolute Gasteiger partial charge is 0.383 e. The molecule has 0 amide bonds. The van der Waals surface area contributed by atoms with Crippen LogP contribution in [-0.4, -0.2) is 36.7 Å². The van der Waals surface area contributed by atoms with Gasteiger partial charge in [-0.2, -0.15) is 4.31 Å². The number of aryl methyl sites for hydroxylation is 1. The Morgan fingerprint density at radius 3 is 2.03 bits per heavy atom. The van der Waals surface area contributed by atoms with E-state index in [4.69, 9.17) is 0 Å². The number of aliphatic hydroxyl groups is 1. The number of benzene rings is 3. The van der Waals surface area contributed by atoms with Crippen LogP contribution in [0.25, 0.3) is 0 Å². The summed E-state index contributed by atoms with van der Waals surface area (Å²) in [5, 5.41) is 11.7. The number of hydrogen-bond donors (Lipinski definition) is 1. The number of sulfonamides is 1. The van der Waals surface area contributed by atoms with Crippen LogP contribution >= 0.6 is 0 Å². The van der Waals surface area contributed by atoms with Gasteiger partial charge in [0.25, 0.3) is 0 Å². The van der Waals surface area contributed by atoms with Crippen molar-refractivity contribution in [1.82, 2.24) is 4.31 Å². The van der Waals surface area contributed by atoms with Gasteiger partial charge in [0.1, 0.15) is 5.60 Å². The van der Waals surface area contributed by atoms with Gasteiger partial charge in [-0.1, -0.05) is 83.9 Å². The first-order valence-corrected chi connectivity index (χ1v) is 12.1. The number of ketones is 1. The molecule has 1 unspecified atom stereocenters. The van der Waals surface area contributed by atoms with Gasteiger partial charge in [0, 0.05) is 18.5 Å². The van der Waals surface area contributed by atoms with Gasteiger partial charge in [0.15, 0.2) is 5.78 Å². The van der Waals surface area contributed by atoms with Crippen LogP contribution in [0.15, 0.2) is 102 Å². The quantitative estimate of drug-likeness (QED) is 0.349. The Bertz CT molecular complexity index is 1210. The third-order valence-corrected chi connectivity index (χ3v) is 7.22. The molecule has 3 rings (SSSR count). The highest BCUT2D eigenvalue weighted by Crippen LogP contribution is 2.31. The predicted molar refractivity (Wildman–Crippen MR) is 130 cm³/mol. The second-order valence-electron chi connectivity index (χ2n) is 8.41. The van der Waals surface area contributed by atoms with E-state index in [0.29, 0.717) is 16.7 Å². The van der Waals surface area contributed by atoms with E-state index in [0.717, 1.165) is 9.87 Å². The van der Waals surface area contributed by atoms with Crippen LogP contribution in [0.2, 0.25) is 0 Å². The normalized spacial score (nSPS) is 13.5. The Kier molecular flexibility index (Phi) is 7.64. The van der Waals surface area contributed by atoms with Crippen LogP contribution in [0.3, 0.4) is 0 Å². The molecule has 1 atom stereocenters. The maximum absolute atomic E-state index is 13.6. The summed E-state index contributed by atoms with van der Waals surface area (Å²) >= 11 is 0. The van der Waals surface area contributed by atoms with E-state index in [1.165, 1.54) is 12.1 Å². The fourth-order valence-electron chi connectivity index (χ4n) is 3.75. The SMILES string of the molecule is C=C(C)CC(O)(CN(CC(=O)c1ccccc1)S(=O)(=O)c1ccc(C)cc1)c1ccccc1. The van der Waals surface area contributed by atoms with Crippen molar-refractivity contribution in [2.45, 2.75) is 30.8 Å². The van der Waals surface area contributed by atoms with Crippen LogP contribution in [-0.2, 0) is 15.6 Å². The minimum Gasteiger partial charge on any atom is -0.383 e. The molecular weight excluding hydrogens is 434 g/mol. The van der Waals surface area contributed by atoms with Crippen molar-refractivity contribution in [2.24, 2.45) is 0 Å². The molecule has 0 aromatic heterocycles. The van der Waals surface area contributed by atoms with Gasteiger partial charge in [-0.15, -0.1) is 6.58 Å². The molecule has 0 aliphatic rings. The lowest BCUT2D eigenvalue weighted by molar-refractivity contribution is 0.0190. The van der Waals surface area contributed by atoms with E-state index in [1.807, 2.05) is 13.0 Å². The number of carbonyl (C=O) groups excluding carboxylic acids is 1.